The lowest BCUT2D eigenvalue weighted by Gasteiger charge is -2.13. The van der Waals surface area contributed by atoms with Crippen LogP contribution in [0.3, 0.4) is 0 Å². The molecule has 118 valence electrons. The summed E-state index contributed by atoms with van der Waals surface area (Å²) in [6.45, 7) is 5.99. The van der Waals surface area contributed by atoms with Crippen LogP contribution in [0, 0.1) is 18.3 Å². The van der Waals surface area contributed by atoms with Crippen LogP contribution in [0.2, 0.25) is 0 Å². The monoisotopic (exact) mass is 326 g/mol. The smallest absolute Gasteiger partial charge is 0.267 e. The Morgan fingerprint density at radius 2 is 2.13 bits per heavy atom. The summed E-state index contributed by atoms with van der Waals surface area (Å²) in [4.78, 5) is 16.5. The van der Waals surface area contributed by atoms with Crippen molar-refractivity contribution in [3.05, 3.63) is 52.7 Å². The third-order valence-electron chi connectivity index (χ3n) is 3.16. The first-order valence-corrected chi connectivity index (χ1v) is 8.08. The third-order valence-corrected chi connectivity index (χ3v) is 4.05. The van der Waals surface area contributed by atoms with Crippen molar-refractivity contribution < 1.29 is 4.79 Å². The van der Waals surface area contributed by atoms with E-state index in [1.165, 1.54) is 17.5 Å². The molecule has 0 radical (unpaired) electrons. The molecule has 0 spiro atoms. The van der Waals surface area contributed by atoms with Gasteiger partial charge in [0.05, 0.1) is 5.69 Å². The number of carbonyl (C=O) groups excluding carboxylic acids is 1. The molecule has 2 rings (SSSR count). The number of hydrogen-bond donors (Lipinski definition) is 2. The van der Waals surface area contributed by atoms with Gasteiger partial charge in [0.25, 0.3) is 5.91 Å². The van der Waals surface area contributed by atoms with E-state index in [-0.39, 0.29) is 11.5 Å². The zero-order valence-electron chi connectivity index (χ0n) is 13.3. The quantitative estimate of drug-likeness (QED) is 0.642. The van der Waals surface area contributed by atoms with E-state index < -0.39 is 5.91 Å². The van der Waals surface area contributed by atoms with Crippen LogP contribution in [0.4, 0.5) is 10.8 Å². The van der Waals surface area contributed by atoms with Gasteiger partial charge in [-0.2, -0.15) is 5.26 Å². The predicted molar refractivity (Wildman–Crippen MR) is 93.3 cm³/mol. The number of aryl methyl sites for hydroxylation is 1. The molecule has 5 nitrogen and oxygen atoms in total. The van der Waals surface area contributed by atoms with Crippen LogP contribution in [-0.4, -0.2) is 10.9 Å². The molecule has 1 aromatic heterocycles. The fourth-order valence-corrected chi connectivity index (χ4v) is 2.67. The summed E-state index contributed by atoms with van der Waals surface area (Å²) in [6, 6.07) is 9.49. The number of para-hydroxylation sites is 1. The number of hydrogen-bond acceptors (Lipinski definition) is 5. The fraction of sp³-hybridized carbons (Fsp3) is 0.235. The van der Waals surface area contributed by atoms with E-state index in [0.717, 1.165) is 16.9 Å². The summed E-state index contributed by atoms with van der Waals surface area (Å²) >= 11 is 1.42. The molecule has 0 unspecified atom stereocenters. The van der Waals surface area contributed by atoms with Crippen LogP contribution in [0.1, 0.15) is 31.0 Å². The third kappa shape index (κ3) is 4.41. The lowest BCUT2D eigenvalue weighted by molar-refractivity contribution is -0.112. The lowest BCUT2D eigenvalue weighted by Crippen LogP contribution is -2.16. The van der Waals surface area contributed by atoms with Gasteiger partial charge in [0.15, 0.2) is 5.13 Å². The molecule has 23 heavy (non-hydrogen) atoms. The molecule has 1 amide bonds. The highest BCUT2D eigenvalue weighted by Crippen LogP contribution is 2.24. The van der Waals surface area contributed by atoms with Crippen LogP contribution in [0.15, 0.2) is 41.4 Å². The van der Waals surface area contributed by atoms with Gasteiger partial charge in [-0.3, -0.25) is 4.79 Å². The van der Waals surface area contributed by atoms with Crippen molar-refractivity contribution in [3.8, 4) is 6.07 Å². The Kier molecular flexibility index (Phi) is 5.50. The predicted octanol–water partition coefficient (Wildman–Crippen LogP) is 4.03. The summed E-state index contributed by atoms with van der Waals surface area (Å²) in [6.07, 6.45) is 1.38. The second kappa shape index (κ2) is 7.56. The first-order chi connectivity index (χ1) is 11.0. The number of rotatable bonds is 5. The summed E-state index contributed by atoms with van der Waals surface area (Å²) in [5.41, 5.74) is 2.64. The van der Waals surface area contributed by atoms with E-state index in [4.69, 9.17) is 0 Å². The van der Waals surface area contributed by atoms with Gasteiger partial charge in [-0.1, -0.05) is 32.0 Å². The molecular weight excluding hydrogens is 308 g/mol. The topological polar surface area (TPSA) is 77.8 Å². The Bertz CT molecular complexity index is 771. The molecule has 0 saturated heterocycles. The molecule has 0 atom stereocenters. The van der Waals surface area contributed by atoms with Crippen LogP contribution in [0.25, 0.3) is 0 Å². The maximum Gasteiger partial charge on any atom is 0.267 e. The molecule has 2 N–H and O–H groups in total. The highest BCUT2D eigenvalue weighted by Gasteiger charge is 2.13. The van der Waals surface area contributed by atoms with E-state index in [1.807, 2.05) is 42.6 Å². The van der Waals surface area contributed by atoms with E-state index in [2.05, 4.69) is 29.5 Å². The summed E-state index contributed by atoms with van der Waals surface area (Å²) < 4.78 is 0. The van der Waals surface area contributed by atoms with Crippen molar-refractivity contribution in [2.45, 2.75) is 26.7 Å². The van der Waals surface area contributed by atoms with Gasteiger partial charge < -0.3 is 10.6 Å². The van der Waals surface area contributed by atoms with Crippen molar-refractivity contribution in [1.82, 2.24) is 4.98 Å². The maximum absolute atomic E-state index is 12.3. The van der Waals surface area contributed by atoms with E-state index in [9.17, 15) is 10.1 Å². The summed E-state index contributed by atoms with van der Waals surface area (Å²) in [5.74, 6) is -0.168. The Balaban J connectivity index is 2.13. The van der Waals surface area contributed by atoms with Gasteiger partial charge in [0, 0.05) is 17.3 Å². The molecule has 1 heterocycles. The lowest BCUT2D eigenvalue weighted by atomic mass is 10.0. The number of carbonyl (C=O) groups is 1. The largest absolute Gasteiger partial charge is 0.337 e. The van der Waals surface area contributed by atoms with Gasteiger partial charge in [-0.15, -0.1) is 11.3 Å². The fourth-order valence-electron chi connectivity index (χ4n) is 2.01. The minimum Gasteiger partial charge on any atom is -0.337 e. The molecule has 0 aliphatic carbocycles. The number of thiazole rings is 1. The number of benzene rings is 1. The van der Waals surface area contributed by atoms with Gasteiger partial charge in [-0.25, -0.2) is 4.98 Å². The summed E-state index contributed by atoms with van der Waals surface area (Å²) in [5, 5.41) is 17.4. The van der Waals surface area contributed by atoms with E-state index in [0.29, 0.717) is 5.13 Å². The zero-order chi connectivity index (χ0) is 16.8. The van der Waals surface area contributed by atoms with Gasteiger partial charge >= 0.3 is 0 Å². The molecule has 1 aromatic carbocycles. The van der Waals surface area contributed by atoms with Gasteiger partial charge in [-0.05, 0) is 24.5 Å². The molecule has 0 bridgehead atoms. The van der Waals surface area contributed by atoms with Crippen molar-refractivity contribution in [1.29, 1.82) is 5.26 Å². The number of nitrogens with zero attached hydrogens (tertiary/aromatic N) is 2. The average molecular weight is 326 g/mol. The Hall–Kier alpha value is -2.65. The van der Waals surface area contributed by atoms with Crippen molar-refractivity contribution >= 4 is 28.1 Å². The minimum absolute atomic E-state index is 0.00332. The molecule has 0 aliphatic heterocycles. The number of nitriles is 1. The average Bonchev–Trinajstić information content (AvgIpc) is 2.93. The molecular formula is C17H18N4OS. The highest BCUT2D eigenvalue weighted by molar-refractivity contribution is 7.13. The van der Waals surface area contributed by atoms with E-state index in [1.54, 1.807) is 0 Å². The van der Waals surface area contributed by atoms with Crippen LogP contribution in [-0.2, 0) is 4.79 Å². The second-order valence-corrected chi connectivity index (χ2v) is 6.16. The minimum atomic E-state index is -0.443. The van der Waals surface area contributed by atoms with E-state index >= 15 is 0 Å². The molecule has 0 aliphatic rings. The van der Waals surface area contributed by atoms with Crippen LogP contribution < -0.4 is 10.6 Å². The number of nitrogens with one attached hydrogen (secondary N) is 2. The molecule has 2 aromatic rings. The molecule has 0 fully saturated rings. The molecule has 6 heteroatoms. The van der Waals surface area contributed by atoms with Crippen LogP contribution in [0.5, 0.6) is 0 Å². The summed E-state index contributed by atoms with van der Waals surface area (Å²) in [7, 11) is 0. The number of aromatic nitrogens is 1. The maximum atomic E-state index is 12.3. The Morgan fingerprint density at radius 1 is 1.39 bits per heavy atom. The Labute approximate surface area is 139 Å². The number of amides is 1. The van der Waals surface area contributed by atoms with Crippen molar-refractivity contribution in [3.63, 3.8) is 0 Å². The Morgan fingerprint density at radius 3 is 2.74 bits per heavy atom. The SMILES string of the molecule is Cc1csc(N/C=C(/C#N)C(=O)Nc2ccccc2C(C)C)n1. The second-order valence-electron chi connectivity index (χ2n) is 5.30. The number of anilines is 2. The van der Waals surface area contributed by atoms with Gasteiger partial charge in [0.2, 0.25) is 0 Å². The van der Waals surface area contributed by atoms with Crippen molar-refractivity contribution in [2.24, 2.45) is 0 Å². The molecule has 0 saturated carbocycles. The van der Waals surface area contributed by atoms with Gasteiger partial charge in [0.1, 0.15) is 11.6 Å². The first-order valence-electron chi connectivity index (χ1n) is 7.20. The normalized spacial score (nSPS) is 11.2. The van der Waals surface area contributed by atoms with Crippen LogP contribution >= 0.6 is 11.3 Å². The zero-order valence-corrected chi connectivity index (χ0v) is 14.1. The first kappa shape index (κ1) is 16.7. The van der Waals surface area contributed by atoms with Crippen molar-refractivity contribution in [2.75, 3.05) is 10.6 Å². The highest BCUT2D eigenvalue weighted by atomic mass is 32.1. The standard InChI is InChI=1S/C17H18N4OS/c1-11(2)14-6-4-5-7-15(14)21-16(22)13(8-18)9-19-17-20-12(3)10-23-17/h4-7,9-11H,1-3H3,(H,19,20)(H,21,22)/b13-9-.